The van der Waals surface area contributed by atoms with Gasteiger partial charge in [-0.1, -0.05) is 0 Å². The first-order valence-corrected chi connectivity index (χ1v) is 4.96. The number of halogens is 3. The maximum Gasteiger partial charge on any atom is 0.416 e. The number of hydrogen-bond acceptors (Lipinski definition) is 1. The van der Waals surface area contributed by atoms with Crippen molar-refractivity contribution in [3.05, 3.63) is 29.8 Å². The van der Waals surface area contributed by atoms with E-state index < -0.39 is 11.7 Å². The van der Waals surface area contributed by atoms with Gasteiger partial charge in [-0.2, -0.15) is 13.2 Å². The summed E-state index contributed by atoms with van der Waals surface area (Å²) >= 11 is 0. The van der Waals surface area contributed by atoms with Crippen LogP contribution < -0.4 is 4.90 Å². The number of carbonyl (C=O) groups is 1. The molecule has 0 aliphatic carbocycles. The van der Waals surface area contributed by atoms with Crippen molar-refractivity contribution in [1.29, 1.82) is 0 Å². The number of benzene rings is 1. The van der Waals surface area contributed by atoms with Gasteiger partial charge in [-0.15, -0.1) is 0 Å². The highest BCUT2D eigenvalue weighted by atomic mass is 19.4. The first kappa shape index (κ1) is 11.0. The van der Waals surface area contributed by atoms with Crippen LogP contribution in [-0.4, -0.2) is 12.5 Å². The van der Waals surface area contributed by atoms with Crippen molar-refractivity contribution in [2.75, 3.05) is 11.4 Å². The van der Waals surface area contributed by atoms with Crippen molar-refractivity contribution < 1.29 is 18.0 Å². The Morgan fingerprint density at radius 1 is 1.12 bits per heavy atom. The van der Waals surface area contributed by atoms with E-state index in [4.69, 9.17) is 0 Å². The van der Waals surface area contributed by atoms with Crippen LogP contribution in [0.5, 0.6) is 0 Å². The number of anilines is 1. The van der Waals surface area contributed by atoms with Crippen molar-refractivity contribution in [1.82, 2.24) is 0 Å². The molecule has 0 atom stereocenters. The lowest BCUT2D eigenvalue weighted by molar-refractivity contribution is -0.137. The predicted octanol–water partition coefficient (Wildman–Crippen LogP) is 2.83. The standard InChI is InChI=1S/C11H10F3NO/c12-11(13,14)8-3-5-9(6-4-8)15-7-1-2-10(15)16/h3-6H,1-2,7H2. The molecule has 0 saturated carbocycles. The van der Waals surface area contributed by atoms with Gasteiger partial charge in [-0.25, -0.2) is 0 Å². The highest BCUT2D eigenvalue weighted by Crippen LogP contribution is 2.31. The molecular formula is C11H10F3NO. The monoisotopic (exact) mass is 229 g/mol. The molecule has 0 unspecified atom stereocenters. The van der Waals surface area contributed by atoms with Crippen molar-refractivity contribution in [2.24, 2.45) is 0 Å². The average molecular weight is 229 g/mol. The van der Waals surface area contributed by atoms with Crippen LogP contribution in [0.2, 0.25) is 0 Å². The number of hydrogen-bond donors (Lipinski definition) is 0. The third-order valence-electron chi connectivity index (χ3n) is 2.58. The van der Waals surface area contributed by atoms with Crippen LogP contribution in [0.3, 0.4) is 0 Å². The third kappa shape index (κ3) is 2.03. The molecule has 86 valence electrons. The van der Waals surface area contributed by atoms with Crippen molar-refractivity contribution >= 4 is 11.6 Å². The molecule has 0 aromatic heterocycles. The van der Waals surface area contributed by atoms with E-state index in [1.807, 2.05) is 0 Å². The summed E-state index contributed by atoms with van der Waals surface area (Å²) in [6, 6.07) is 4.68. The van der Waals surface area contributed by atoms with Crippen LogP contribution in [0.25, 0.3) is 0 Å². The van der Waals surface area contributed by atoms with Gasteiger partial charge in [0.2, 0.25) is 5.91 Å². The smallest absolute Gasteiger partial charge is 0.312 e. The fourth-order valence-corrected chi connectivity index (χ4v) is 1.75. The number of nitrogens with zero attached hydrogens (tertiary/aromatic N) is 1. The first-order valence-electron chi connectivity index (χ1n) is 4.96. The molecule has 2 rings (SSSR count). The fraction of sp³-hybridized carbons (Fsp3) is 0.364. The van der Waals surface area contributed by atoms with Gasteiger partial charge in [0.15, 0.2) is 0 Å². The van der Waals surface area contributed by atoms with Crippen molar-refractivity contribution in [2.45, 2.75) is 19.0 Å². The summed E-state index contributed by atoms with van der Waals surface area (Å²) in [5, 5.41) is 0. The minimum atomic E-state index is -4.33. The molecular weight excluding hydrogens is 219 g/mol. The summed E-state index contributed by atoms with van der Waals surface area (Å²) in [4.78, 5) is 12.9. The Labute approximate surface area is 90.7 Å². The molecule has 1 heterocycles. The molecule has 0 bridgehead atoms. The number of amides is 1. The molecule has 16 heavy (non-hydrogen) atoms. The molecule has 1 aliphatic heterocycles. The molecule has 1 aromatic rings. The molecule has 1 amide bonds. The molecule has 1 aliphatic rings. The zero-order chi connectivity index (χ0) is 11.8. The summed E-state index contributed by atoms with van der Waals surface area (Å²) in [5.74, 6) is -0.0280. The zero-order valence-electron chi connectivity index (χ0n) is 8.42. The molecule has 1 fully saturated rings. The van der Waals surface area contributed by atoms with E-state index in [1.54, 1.807) is 0 Å². The minimum Gasteiger partial charge on any atom is -0.312 e. The predicted molar refractivity (Wildman–Crippen MR) is 53.0 cm³/mol. The highest BCUT2D eigenvalue weighted by molar-refractivity contribution is 5.95. The zero-order valence-corrected chi connectivity index (χ0v) is 8.42. The van der Waals surface area contributed by atoms with E-state index >= 15 is 0 Å². The van der Waals surface area contributed by atoms with E-state index in [0.717, 1.165) is 18.6 Å². The summed E-state index contributed by atoms with van der Waals surface area (Å²) in [6.45, 7) is 0.587. The van der Waals surface area contributed by atoms with Crippen LogP contribution in [0, 0.1) is 0 Å². The highest BCUT2D eigenvalue weighted by Gasteiger charge is 2.30. The van der Waals surface area contributed by atoms with Gasteiger partial charge in [-0.05, 0) is 30.7 Å². The van der Waals surface area contributed by atoms with Gasteiger partial charge >= 0.3 is 6.18 Å². The molecule has 5 heteroatoms. The molecule has 0 radical (unpaired) electrons. The van der Waals surface area contributed by atoms with Crippen LogP contribution in [0.15, 0.2) is 24.3 Å². The topological polar surface area (TPSA) is 20.3 Å². The van der Waals surface area contributed by atoms with Crippen LogP contribution >= 0.6 is 0 Å². The second-order valence-corrected chi connectivity index (χ2v) is 3.69. The summed E-state index contributed by atoms with van der Waals surface area (Å²) in [5.41, 5.74) is -0.154. The van der Waals surface area contributed by atoms with Crippen LogP contribution in [-0.2, 0) is 11.0 Å². The Hall–Kier alpha value is -1.52. The van der Waals surface area contributed by atoms with Gasteiger partial charge in [0, 0.05) is 18.7 Å². The van der Waals surface area contributed by atoms with E-state index in [2.05, 4.69) is 0 Å². The van der Waals surface area contributed by atoms with Gasteiger partial charge < -0.3 is 4.90 Å². The Balaban J connectivity index is 2.22. The number of rotatable bonds is 1. The Morgan fingerprint density at radius 2 is 1.75 bits per heavy atom. The Kier molecular flexibility index (Phi) is 2.61. The van der Waals surface area contributed by atoms with E-state index in [0.29, 0.717) is 18.7 Å². The fourth-order valence-electron chi connectivity index (χ4n) is 1.75. The largest absolute Gasteiger partial charge is 0.416 e. The number of carbonyl (C=O) groups excluding carboxylic acids is 1. The van der Waals surface area contributed by atoms with Crippen molar-refractivity contribution in [3.8, 4) is 0 Å². The quantitative estimate of drug-likeness (QED) is 0.725. The van der Waals surface area contributed by atoms with E-state index in [1.165, 1.54) is 17.0 Å². The van der Waals surface area contributed by atoms with Crippen molar-refractivity contribution in [3.63, 3.8) is 0 Å². The molecule has 1 aromatic carbocycles. The second-order valence-electron chi connectivity index (χ2n) is 3.69. The first-order chi connectivity index (χ1) is 7.48. The average Bonchev–Trinajstić information content (AvgIpc) is 2.63. The van der Waals surface area contributed by atoms with Gasteiger partial charge in [-0.3, -0.25) is 4.79 Å². The summed E-state index contributed by atoms with van der Waals surface area (Å²) in [6.07, 6.45) is -3.09. The minimum absolute atomic E-state index is 0.0280. The lowest BCUT2D eigenvalue weighted by Crippen LogP contribution is -2.23. The van der Waals surface area contributed by atoms with Gasteiger partial charge in [0.05, 0.1) is 5.56 Å². The van der Waals surface area contributed by atoms with Crippen LogP contribution in [0.4, 0.5) is 18.9 Å². The Morgan fingerprint density at radius 3 is 2.19 bits per heavy atom. The summed E-state index contributed by atoms with van der Waals surface area (Å²) in [7, 11) is 0. The molecule has 0 spiro atoms. The Bertz CT molecular complexity index is 397. The van der Waals surface area contributed by atoms with Crippen LogP contribution in [0.1, 0.15) is 18.4 Å². The summed E-state index contributed by atoms with van der Waals surface area (Å²) < 4.78 is 36.9. The lowest BCUT2D eigenvalue weighted by Gasteiger charge is -2.16. The van der Waals surface area contributed by atoms with Gasteiger partial charge in [0.1, 0.15) is 0 Å². The van der Waals surface area contributed by atoms with E-state index in [-0.39, 0.29) is 5.91 Å². The SMILES string of the molecule is O=C1CCCN1c1ccc(C(F)(F)F)cc1. The van der Waals surface area contributed by atoms with Gasteiger partial charge in [0.25, 0.3) is 0 Å². The number of alkyl halides is 3. The maximum absolute atomic E-state index is 12.3. The second kappa shape index (κ2) is 3.81. The lowest BCUT2D eigenvalue weighted by atomic mass is 10.2. The molecule has 1 saturated heterocycles. The normalized spacial score (nSPS) is 16.9. The molecule has 2 nitrogen and oxygen atoms in total. The third-order valence-corrected chi connectivity index (χ3v) is 2.58. The maximum atomic E-state index is 12.3. The molecule has 0 N–H and O–H groups in total. The van der Waals surface area contributed by atoms with E-state index in [9.17, 15) is 18.0 Å².